The van der Waals surface area contributed by atoms with E-state index in [1.807, 2.05) is 36.4 Å². The van der Waals surface area contributed by atoms with Crippen molar-refractivity contribution in [3.63, 3.8) is 0 Å². The van der Waals surface area contributed by atoms with Crippen LogP contribution in [0.25, 0.3) is 22.2 Å². The fourth-order valence-electron chi connectivity index (χ4n) is 5.63. The number of hydrogen-bond acceptors (Lipinski definition) is 9. The van der Waals surface area contributed by atoms with Crippen molar-refractivity contribution in [2.75, 3.05) is 27.4 Å². The fourth-order valence-corrected chi connectivity index (χ4v) is 5.63. The predicted molar refractivity (Wildman–Crippen MR) is 189 cm³/mol. The lowest BCUT2D eigenvalue weighted by Gasteiger charge is -2.32. The Morgan fingerprint density at radius 2 is 1.80 bits per heavy atom. The monoisotopic (exact) mass is 698 g/mol. The Hall–Kier alpha value is -5.85. The molecule has 1 aliphatic rings. The minimum atomic E-state index is -1.42. The summed E-state index contributed by atoms with van der Waals surface area (Å²) in [5.74, 6) is -1.19. The Labute approximate surface area is 295 Å². The Morgan fingerprint density at radius 1 is 1.04 bits per heavy atom. The molecule has 2 bridgehead atoms. The number of aliphatic carboxylic acids is 1. The van der Waals surface area contributed by atoms with Gasteiger partial charge in [-0.05, 0) is 50.6 Å². The van der Waals surface area contributed by atoms with E-state index in [0.717, 1.165) is 5.56 Å². The summed E-state index contributed by atoms with van der Waals surface area (Å²) in [6.07, 6.45) is -0.798. The predicted octanol–water partition coefficient (Wildman–Crippen LogP) is 4.60. The highest BCUT2D eigenvalue weighted by Crippen LogP contribution is 2.32. The van der Waals surface area contributed by atoms with Crippen LogP contribution in [0.15, 0.2) is 78.9 Å². The second-order valence-corrected chi connectivity index (χ2v) is 13.1. The molecule has 0 saturated carbocycles. The number of nitrogens with zero attached hydrogens (tertiary/aromatic N) is 2. The summed E-state index contributed by atoms with van der Waals surface area (Å²) in [7, 11) is 3.00. The number of benzene rings is 3. The van der Waals surface area contributed by atoms with Gasteiger partial charge < -0.3 is 39.6 Å². The average Bonchev–Trinajstić information content (AvgIpc) is 3.10. The minimum Gasteiger partial charge on any atom is -0.497 e. The van der Waals surface area contributed by atoms with Gasteiger partial charge in [0, 0.05) is 43.0 Å². The topological polar surface area (TPSA) is 166 Å². The van der Waals surface area contributed by atoms with Crippen LogP contribution in [0.2, 0.25) is 0 Å². The lowest BCUT2D eigenvalue weighted by Crippen LogP contribution is -2.57. The smallest absolute Gasteiger partial charge is 0.408 e. The largest absolute Gasteiger partial charge is 0.497 e. The number of rotatable bonds is 8. The second kappa shape index (κ2) is 15.8. The van der Waals surface area contributed by atoms with Crippen LogP contribution in [0.1, 0.15) is 32.8 Å². The SMILES string of the molecule is COc1ccc2c(OCC[C@H]3C(=O)N[C@@H](C(=O)O)COc4cccc(c4)C[C@@H](NC(=O)OC(C)(C)C)C(=O)N3C)cc(-c3ccccc3)nc2c1. The van der Waals surface area contributed by atoms with Crippen LogP contribution < -0.4 is 24.8 Å². The summed E-state index contributed by atoms with van der Waals surface area (Å²) in [4.78, 5) is 59.1. The molecule has 3 atom stereocenters. The summed E-state index contributed by atoms with van der Waals surface area (Å²) in [6.45, 7) is 4.71. The average molecular weight is 699 g/mol. The van der Waals surface area contributed by atoms with E-state index in [9.17, 15) is 24.3 Å². The third-order valence-electron chi connectivity index (χ3n) is 8.17. The fraction of sp³-hybridized carbons (Fsp3) is 0.342. The van der Waals surface area contributed by atoms with Gasteiger partial charge in [0.2, 0.25) is 11.8 Å². The number of ether oxygens (including phenoxy) is 4. The molecule has 2 heterocycles. The van der Waals surface area contributed by atoms with Crippen molar-refractivity contribution in [2.45, 2.75) is 57.3 Å². The molecular weight excluding hydrogens is 656 g/mol. The molecule has 268 valence electrons. The van der Waals surface area contributed by atoms with E-state index in [4.69, 9.17) is 23.9 Å². The maximum absolute atomic E-state index is 14.2. The van der Waals surface area contributed by atoms with E-state index in [2.05, 4.69) is 10.6 Å². The van der Waals surface area contributed by atoms with Crippen molar-refractivity contribution in [1.29, 1.82) is 0 Å². The van der Waals surface area contributed by atoms with Gasteiger partial charge in [0.25, 0.3) is 0 Å². The van der Waals surface area contributed by atoms with Crippen LogP contribution in [-0.4, -0.2) is 90.0 Å². The number of pyridine rings is 1. The summed E-state index contributed by atoms with van der Waals surface area (Å²) in [6, 6.07) is 19.8. The Bertz CT molecular complexity index is 1890. The number of amides is 3. The van der Waals surface area contributed by atoms with Crippen molar-refractivity contribution < 1.29 is 43.2 Å². The number of nitrogens with one attached hydrogen (secondary N) is 2. The number of fused-ring (bicyclic) bond motifs is 3. The van der Waals surface area contributed by atoms with Gasteiger partial charge in [0.05, 0.1) is 24.9 Å². The molecular formula is C38H42N4O9. The molecule has 0 aliphatic carbocycles. The van der Waals surface area contributed by atoms with Gasteiger partial charge >= 0.3 is 12.1 Å². The van der Waals surface area contributed by atoms with E-state index in [1.54, 1.807) is 70.3 Å². The number of methoxy groups -OCH3 is 1. The molecule has 0 saturated heterocycles. The molecule has 0 radical (unpaired) electrons. The van der Waals surface area contributed by atoms with Gasteiger partial charge in [-0.2, -0.15) is 0 Å². The van der Waals surface area contributed by atoms with Gasteiger partial charge in [0.1, 0.15) is 41.5 Å². The standard InChI is InChI=1S/C38H42N4O9/c1-38(2,3)51-37(47)41-30-19-23-10-9-13-26(18-23)50-22-31(36(45)46)40-34(43)32(42(4)35(30)44)16-17-49-33-21-28(24-11-7-6-8-12-24)39-29-20-25(48-5)14-15-27(29)33/h6-15,18,20-21,30-32H,16-17,19,22H2,1-5H3,(H,40,43)(H,41,47)(H,45,46)/t30-,31-,32+/m1/s1. The lowest BCUT2D eigenvalue weighted by molar-refractivity contribution is -0.145. The lowest BCUT2D eigenvalue weighted by atomic mass is 10.0. The van der Waals surface area contributed by atoms with Gasteiger partial charge in [0.15, 0.2) is 6.04 Å². The van der Waals surface area contributed by atoms with Crippen molar-refractivity contribution in [3.05, 3.63) is 84.4 Å². The van der Waals surface area contributed by atoms with Gasteiger partial charge in [-0.3, -0.25) is 9.59 Å². The number of aromatic nitrogens is 1. The molecule has 1 aliphatic heterocycles. The van der Waals surface area contributed by atoms with Gasteiger partial charge in [-0.1, -0.05) is 42.5 Å². The molecule has 3 aromatic carbocycles. The number of carboxylic acid groups (broad SMARTS) is 1. The molecule has 13 heteroatoms. The van der Waals surface area contributed by atoms with E-state index < -0.39 is 47.6 Å². The van der Waals surface area contributed by atoms with Crippen LogP contribution >= 0.6 is 0 Å². The van der Waals surface area contributed by atoms with Crippen molar-refractivity contribution in [3.8, 4) is 28.5 Å². The third-order valence-corrected chi connectivity index (χ3v) is 8.17. The molecule has 3 N–H and O–H groups in total. The summed E-state index contributed by atoms with van der Waals surface area (Å²) >= 11 is 0. The molecule has 3 amide bonds. The third kappa shape index (κ3) is 9.44. The molecule has 0 fully saturated rings. The quantitative estimate of drug-likeness (QED) is 0.237. The summed E-state index contributed by atoms with van der Waals surface area (Å²) < 4.78 is 22.9. The first-order valence-electron chi connectivity index (χ1n) is 16.5. The Morgan fingerprint density at radius 3 is 2.51 bits per heavy atom. The van der Waals surface area contributed by atoms with Crippen LogP contribution in [0.4, 0.5) is 4.79 Å². The number of likely N-dealkylation sites (N-methyl/N-ethyl adjacent to an activating group) is 1. The zero-order chi connectivity index (χ0) is 36.7. The van der Waals surface area contributed by atoms with Crippen molar-refractivity contribution in [2.24, 2.45) is 0 Å². The van der Waals surface area contributed by atoms with E-state index in [1.165, 1.54) is 11.9 Å². The highest BCUT2D eigenvalue weighted by Gasteiger charge is 2.35. The van der Waals surface area contributed by atoms with Crippen LogP contribution in [-0.2, 0) is 25.5 Å². The Balaban J connectivity index is 1.46. The highest BCUT2D eigenvalue weighted by molar-refractivity contribution is 5.93. The number of hydrogen-bond donors (Lipinski definition) is 3. The summed E-state index contributed by atoms with van der Waals surface area (Å²) in [5, 5.41) is 15.8. The molecule has 0 unspecified atom stereocenters. The molecule has 13 nitrogen and oxygen atoms in total. The zero-order valence-electron chi connectivity index (χ0n) is 29.2. The normalized spacial score (nSPS) is 18.3. The number of carbonyl (C=O) groups excluding carboxylic acids is 3. The first-order valence-corrected chi connectivity index (χ1v) is 16.5. The number of carboxylic acids is 1. The molecule has 5 rings (SSSR count). The maximum atomic E-state index is 14.2. The van der Waals surface area contributed by atoms with Crippen molar-refractivity contribution >= 4 is 34.8 Å². The van der Waals surface area contributed by atoms with Crippen LogP contribution in [0, 0.1) is 0 Å². The maximum Gasteiger partial charge on any atom is 0.408 e. The van der Waals surface area contributed by atoms with Gasteiger partial charge in [-0.25, -0.2) is 14.6 Å². The first kappa shape index (κ1) is 36.4. The van der Waals surface area contributed by atoms with Crippen molar-refractivity contribution in [1.82, 2.24) is 20.5 Å². The molecule has 4 aromatic rings. The number of carbonyl (C=O) groups is 4. The minimum absolute atomic E-state index is 0.0329. The van der Waals surface area contributed by atoms with Gasteiger partial charge in [-0.15, -0.1) is 0 Å². The zero-order valence-corrected chi connectivity index (χ0v) is 29.2. The van der Waals surface area contributed by atoms with Crippen LogP contribution in [0.3, 0.4) is 0 Å². The Kier molecular flexibility index (Phi) is 11.3. The number of alkyl carbamates (subject to hydrolysis) is 1. The highest BCUT2D eigenvalue weighted by atomic mass is 16.6. The van der Waals surface area contributed by atoms with E-state index in [0.29, 0.717) is 39.4 Å². The second-order valence-electron chi connectivity index (χ2n) is 13.1. The van der Waals surface area contributed by atoms with E-state index in [-0.39, 0.29) is 26.1 Å². The van der Waals surface area contributed by atoms with Crippen LogP contribution in [0.5, 0.6) is 17.2 Å². The molecule has 0 spiro atoms. The molecule has 51 heavy (non-hydrogen) atoms. The van der Waals surface area contributed by atoms with E-state index >= 15 is 0 Å². The first-order chi connectivity index (χ1) is 24.3. The molecule has 1 aromatic heterocycles. The summed E-state index contributed by atoms with van der Waals surface area (Å²) in [5.41, 5.74) is 1.95.